The molecular weight excluding hydrogens is 300 g/mol. The van der Waals surface area contributed by atoms with Gasteiger partial charge in [-0.2, -0.15) is 0 Å². The second kappa shape index (κ2) is 8.08. The molecule has 126 valence electrons. The Kier molecular flexibility index (Phi) is 5.62. The van der Waals surface area contributed by atoms with Gasteiger partial charge in [0.25, 0.3) is 0 Å². The molecule has 1 heterocycles. The van der Waals surface area contributed by atoms with Gasteiger partial charge < -0.3 is 14.7 Å². The van der Waals surface area contributed by atoms with Crippen LogP contribution in [-0.4, -0.2) is 43.7 Å². The van der Waals surface area contributed by atoms with Gasteiger partial charge in [0.15, 0.2) is 0 Å². The molecule has 1 saturated heterocycles. The molecule has 0 radical (unpaired) electrons. The minimum Gasteiger partial charge on any atom is -0.507 e. The molecule has 0 saturated carbocycles. The van der Waals surface area contributed by atoms with E-state index in [0.29, 0.717) is 0 Å². The molecule has 4 nitrogen and oxygen atoms in total. The number of aromatic hydroxyl groups is 1. The Labute approximate surface area is 143 Å². The third-order valence-electron chi connectivity index (χ3n) is 4.60. The van der Waals surface area contributed by atoms with Crippen molar-refractivity contribution in [3.05, 3.63) is 65.7 Å². The average molecular weight is 325 g/mol. The minimum absolute atomic E-state index is 0.111. The second-order valence-corrected chi connectivity index (χ2v) is 6.24. The quantitative estimate of drug-likeness (QED) is 0.824. The van der Waals surface area contributed by atoms with Crippen molar-refractivity contribution >= 4 is 6.21 Å². The summed E-state index contributed by atoms with van der Waals surface area (Å²) in [6.07, 6.45) is 1.79. The van der Waals surface area contributed by atoms with Crippen molar-refractivity contribution in [1.29, 1.82) is 0 Å². The van der Waals surface area contributed by atoms with Crippen LogP contribution in [0.2, 0.25) is 0 Å². The Morgan fingerprint density at radius 2 is 1.71 bits per heavy atom. The summed E-state index contributed by atoms with van der Waals surface area (Å²) in [7, 11) is 0. The number of phenols is 1. The van der Waals surface area contributed by atoms with Gasteiger partial charge >= 0.3 is 0 Å². The molecular formula is C20H25N2O2+. The maximum absolute atomic E-state index is 9.91. The zero-order valence-electron chi connectivity index (χ0n) is 14.1. The average Bonchev–Trinajstić information content (AvgIpc) is 2.63. The number of rotatable bonds is 5. The number of quaternary nitrogens is 1. The molecule has 24 heavy (non-hydrogen) atoms. The van der Waals surface area contributed by atoms with Gasteiger partial charge in [-0.05, 0) is 19.1 Å². The van der Waals surface area contributed by atoms with Crippen molar-refractivity contribution in [1.82, 2.24) is 0 Å². The summed E-state index contributed by atoms with van der Waals surface area (Å²) in [6, 6.07) is 18.3. The molecule has 2 aromatic rings. The Morgan fingerprint density at radius 1 is 1.04 bits per heavy atom. The number of morpholine rings is 1. The highest BCUT2D eigenvalue weighted by molar-refractivity contribution is 5.83. The van der Waals surface area contributed by atoms with Crippen molar-refractivity contribution in [2.45, 2.75) is 19.0 Å². The van der Waals surface area contributed by atoms with E-state index in [0.717, 1.165) is 31.9 Å². The number of hydrogen-bond acceptors (Lipinski definition) is 3. The van der Waals surface area contributed by atoms with Gasteiger partial charge in [-0.25, -0.2) is 0 Å². The fourth-order valence-corrected chi connectivity index (χ4v) is 3.34. The van der Waals surface area contributed by atoms with Crippen LogP contribution in [0.5, 0.6) is 5.75 Å². The second-order valence-electron chi connectivity index (χ2n) is 6.24. The lowest BCUT2D eigenvalue weighted by atomic mass is 9.98. The summed E-state index contributed by atoms with van der Waals surface area (Å²) in [5.41, 5.74) is 2.06. The molecule has 1 fully saturated rings. The van der Waals surface area contributed by atoms with Gasteiger partial charge in [0, 0.05) is 17.3 Å². The van der Waals surface area contributed by atoms with Crippen LogP contribution in [0.15, 0.2) is 59.6 Å². The van der Waals surface area contributed by atoms with Crippen LogP contribution in [0.25, 0.3) is 0 Å². The zero-order valence-corrected chi connectivity index (χ0v) is 14.1. The van der Waals surface area contributed by atoms with Crippen LogP contribution in [0.4, 0.5) is 0 Å². The van der Waals surface area contributed by atoms with E-state index in [-0.39, 0.29) is 17.8 Å². The number of benzene rings is 2. The van der Waals surface area contributed by atoms with Crippen molar-refractivity contribution in [3.63, 3.8) is 0 Å². The highest BCUT2D eigenvalue weighted by Crippen LogP contribution is 2.18. The largest absolute Gasteiger partial charge is 0.507 e. The molecule has 0 bridgehead atoms. The molecule has 3 rings (SSSR count). The Bertz CT molecular complexity index is 666. The first-order valence-corrected chi connectivity index (χ1v) is 8.54. The van der Waals surface area contributed by atoms with E-state index in [2.05, 4.69) is 31.2 Å². The van der Waals surface area contributed by atoms with E-state index in [1.165, 1.54) is 10.5 Å². The summed E-state index contributed by atoms with van der Waals surface area (Å²) < 4.78 is 5.52. The summed E-state index contributed by atoms with van der Waals surface area (Å²) in [5, 5.41) is 9.91. The van der Waals surface area contributed by atoms with Crippen LogP contribution in [0.3, 0.4) is 0 Å². The van der Waals surface area contributed by atoms with Gasteiger partial charge in [-0.3, -0.25) is 4.99 Å². The monoisotopic (exact) mass is 325 g/mol. The number of ether oxygens (including phenoxy) is 1. The highest BCUT2D eigenvalue weighted by Gasteiger charge is 2.30. The maximum atomic E-state index is 9.91. The molecule has 1 aliphatic heterocycles. The lowest BCUT2D eigenvalue weighted by molar-refractivity contribution is -0.940. The third kappa shape index (κ3) is 4.02. The SMILES string of the molecule is C[C@H](N=Cc1ccccc1O)[C@H](c1ccccc1)[NH+]1CCOCC1. The van der Waals surface area contributed by atoms with Gasteiger partial charge in [-0.15, -0.1) is 0 Å². The van der Waals surface area contributed by atoms with E-state index >= 15 is 0 Å². The molecule has 4 heteroatoms. The zero-order chi connectivity index (χ0) is 16.8. The molecule has 0 aromatic heterocycles. The number of para-hydroxylation sites is 1. The lowest BCUT2D eigenvalue weighted by Gasteiger charge is -2.33. The minimum atomic E-state index is 0.111. The highest BCUT2D eigenvalue weighted by atomic mass is 16.5. The molecule has 1 aliphatic rings. The summed E-state index contributed by atoms with van der Waals surface area (Å²) in [5.74, 6) is 0.267. The summed E-state index contributed by atoms with van der Waals surface area (Å²) in [4.78, 5) is 6.27. The molecule has 0 unspecified atom stereocenters. The first-order chi connectivity index (χ1) is 11.8. The van der Waals surface area contributed by atoms with E-state index in [1.54, 1.807) is 12.3 Å². The van der Waals surface area contributed by atoms with Gasteiger partial charge in [0.1, 0.15) is 30.9 Å². The fraction of sp³-hybridized carbons (Fsp3) is 0.350. The van der Waals surface area contributed by atoms with Crippen LogP contribution in [-0.2, 0) is 4.74 Å². The molecule has 2 aromatic carbocycles. The van der Waals surface area contributed by atoms with E-state index in [1.807, 2.05) is 24.3 Å². The predicted octanol–water partition coefficient (Wildman–Crippen LogP) is 1.86. The van der Waals surface area contributed by atoms with E-state index in [9.17, 15) is 5.11 Å². The van der Waals surface area contributed by atoms with Crippen molar-refractivity contribution < 1.29 is 14.7 Å². The number of phenolic OH excluding ortho intramolecular Hbond substituents is 1. The van der Waals surface area contributed by atoms with Crippen LogP contribution in [0.1, 0.15) is 24.1 Å². The Balaban J connectivity index is 1.83. The number of nitrogens with one attached hydrogen (secondary N) is 1. The van der Waals surface area contributed by atoms with Gasteiger partial charge in [-0.1, -0.05) is 42.5 Å². The van der Waals surface area contributed by atoms with Crippen molar-refractivity contribution in [2.24, 2.45) is 4.99 Å². The summed E-state index contributed by atoms with van der Waals surface area (Å²) in [6.45, 7) is 5.74. The Hall–Kier alpha value is -2.17. The van der Waals surface area contributed by atoms with Crippen LogP contribution in [0, 0.1) is 0 Å². The van der Waals surface area contributed by atoms with E-state index in [4.69, 9.17) is 9.73 Å². The summed E-state index contributed by atoms with van der Waals surface area (Å²) >= 11 is 0. The molecule has 0 spiro atoms. The third-order valence-corrected chi connectivity index (χ3v) is 4.60. The number of hydrogen-bond donors (Lipinski definition) is 2. The standard InChI is InChI=1S/C20H24N2O2/c1-16(21-15-18-9-5-6-10-19(18)23)20(17-7-3-2-4-8-17)22-11-13-24-14-12-22/h2-10,15-16,20,23H,11-14H2,1H3/p+1/t16-,20+/m0/s1. The normalized spacial score (nSPS) is 18.5. The van der Waals surface area contributed by atoms with Crippen molar-refractivity contribution in [2.75, 3.05) is 26.3 Å². The predicted molar refractivity (Wildman–Crippen MR) is 95.9 cm³/mol. The fourth-order valence-electron chi connectivity index (χ4n) is 3.34. The van der Waals surface area contributed by atoms with Gasteiger partial charge in [0.2, 0.25) is 0 Å². The first kappa shape index (κ1) is 16.7. The van der Waals surface area contributed by atoms with Crippen LogP contribution >= 0.6 is 0 Å². The molecule has 0 amide bonds. The van der Waals surface area contributed by atoms with Gasteiger partial charge in [0.05, 0.1) is 13.2 Å². The molecule has 2 atom stereocenters. The van der Waals surface area contributed by atoms with Crippen molar-refractivity contribution in [3.8, 4) is 5.75 Å². The molecule has 2 N–H and O–H groups in total. The number of aliphatic imine (C=N–C) groups is 1. The number of nitrogens with zero attached hydrogens (tertiary/aromatic N) is 1. The first-order valence-electron chi connectivity index (χ1n) is 8.54. The smallest absolute Gasteiger partial charge is 0.136 e. The lowest BCUT2D eigenvalue weighted by Crippen LogP contribution is -3.15. The maximum Gasteiger partial charge on any atom is 0.136 e. The molecule has 0 aliphatic carbocycles. The Morgan fingerprint density at radius 3 is 2.42 bits per heavy atom. The van der Waals surface area contributed by atoms with Crippen LogP contribution < -0.4 is 4.90 Å². The van der Waals surface area contributed by atoms with E-state index < -0.39 is 0 Å². The topological polar surface area (TPSA) is 46.3 Å².